The van der Waals surface area contributed by atoms with Crippen molar-refractivity contribution in [2.24, 2.45) is 4.99 Å². The second kappa shape index (κ2) is 13.6. The smallest absolute Gasteiger partial charge is 0.243 e. The molecule has 1 aromatic carbocycles. The van der Waals surface area contributed by atoms with Gasteiger partial charge in [-0.15, -0.1) is 24.0 Å². The molecule has 0 spiro atoms. The molecule has 0 fully saturated rings. The molecule has 0 aliphatic heterocycles. The zero-order chi connectivity index (χ0) is 18.7. The van der Waals surface area contributed by atoms with E-state index in [0.29, 0.717) is 25.7 Å². The van der Waals surface area contributed by atoms with Crippen LogP contribution >= 0.6 is 24.0 Å². The van der Waals surface area contributed by atoms with Crippen LogP contribution in [0.2, 0.25) is 0 Å². The van der Waals surface area contributed by atoms with Gasteiger partial charge < -0.3 is 25.0 Å². The number of ether oxygens (including phenoxy) is 2. The third kappa shape index (κ3) is 9.76. The summed E-state index contributed by atoms with van der Waals surface area (Å²) < 4.78 is 24.2. The van der Waals surface area contributed by atoms with Gasteiger partial charge in [0, 0.05) is 27.7 Å². The Morgan fingerprint density at radius 1 is 1.31 bits per heavy atom. The van der Waals surface area contributed by atoms with Crippen molar-refractivity contribution in [3.63, 3.8) is 0 Å². The average molecular weight is 482 g/mol. The van der Waals surface area contributed by atoms with Crippen LogP contribution in [0.3, 0.4) is 0 Å². The van der Waals surface area contributed by atoms with E-state index in [-0.39, 0.29) is 48.3 Å². The summed E-state index contributed by atoms with van der Waals surface area (Å²) in [4.78, 5) is 17.4. The van der Waals surface area contributed by atoms with Crippen LogP contribution in [0.25, 0.3) is 0 Å². The first-order chi connectivity index (χ1) is 11.9. The maximum atomic E-state index is 13.6. The number of hydrogen-bond acceptors (Lipinski definition) is 4. The van der Waals surface area contributed by atoms with Gasteiger partial charge >= 0.3 is 0 Å². The molecule has 1 rings (SSSR count). The molecule has 0 saturated carbocycles. The first-order valence-corrected chi connectivity index (χ1v) is 8.06. The molecule has 1 atom stereocenters. The quantitative estimate of drug-likeness (QED) is 0.242. The Morgan fingerprint density at radius 3 is 2.62 bits per heavy atom. The van der Waals surface area contributed by atoms with Gasteiger partial charge in [-0.1, -0.05) is 12.1 Å². The lowest BCUT2D eigenvalue weighted by Crippen LogP contribution is -2.43. The molecule has 1 amide bonds. The molecular formula is C17H28FIN4O3. The second-order valence-electron chi connectivity index (χ2n) is 5.61. The number of halogens is 2. The molecule has 0 saturated heterocycles. The third-order valence-electron chi connectivity index (χ3n) is 3.19. The Balaban J connectivity index is 0.00000625. The Hall–Kier alpha value is -1.62. The van der Waals surface area contributed by atoms with Crippen LogP contribution in [-0.2, 0) is 9.53 Å². The predicted octanol–water partition coefficient (Wildman–Crippen LogP) is 1.48. The zero-order valence-corrected chi connectivity index (χ0v) is 18.0. The van der Waals surface area contributed by atoms with Crippen molar-refractivity contribution >= 4 is 35.8 Å². The third-order valence-corrected chi connectivity index (χ3v) is 3.19. The van der Waals surface area contributed by atoms with Gasteiger partial charge in [-0.05, 0) is 19.1 Å². The number of carbonyl (C=O) groups excluding carboxylic acids is 1. The number of para-hydroxylation sites is 1. The van der Waals surface area contributed by atoms with Crippen LogP contribution < -0.4 is 15.4 Å². The molecule has 0 aromatic heterocycles. The van der Waals surface area contributed by atoms with Crippen molar-refractivity contribution in [1.82, 2.24) is 15.5 Å². The number of benzene rings is 1. The van der Waals surface area contributed by atoms with Crippen LogP contribution in [0.15, 0.2) is 29.3 Å². The SMILES string of the molecule is COCCNC(=NCC(=O)N(C)C)NCC(C)Oc1ccccc1F.I. The lowest BCUT2D eigenvalue weighted by Gasteiger charge is -2.18. The summed E-state index contributed by atoms with van der Waals surface area (Å²) >= 11 is 0. The van der Waals surface area contributed by atoms with Crippen molar-refractivity contribution in [3.05, 3.63) is 30.1 Å². The average Bonchev–Trinajstić information content (AvgIpc) is 2.58. The number of nitrogens with one attached hydrogen (secondary N) is 2. The van der Waals surface area contributed by atoms with E-state index in [1.54, 1.807) is 39.4 Å². The Morgan fingerprint density at radius 2 is 2.00 bits per heavy atom. The minimum absolute atomic E-state index is 0. The lowest BCUT2D eigenvalue weighted by molar-refractivity contribution is -0.127. The fourth-order valence-electron chi connectivity index (χ4n) is 1.77. The number of methoxy groups -OCH3 is 1. The van der Waals surface area contributed by atoms with E-state index in [4.69, 9.17) is 9.47 Å². The van der Waals surface area contributed by atoms with E-state index in [2.05, 4.69) is 15.6 Å². The molecule has 0 bridgehead atoms. The summed E-state index contributed by atoms with van der Waals surface area (Å²) in [6.07, 6.45) is -0.295. The molecular weight excluding hydrogens is 454 g/mol. The van der Waals surface area contributed by atoms with Crippen LogP contribution in [-0.4, -0.2) is 70.3 Å². The first kappa shape index (κ1) is 24.4. The maximum Gasteiger partial charge on any atom is 0.243 e. The zero-order valence-electron chi connectivity index (χ0n) is 15.6. The maximum absolute atomic E-state index is 13.6. The molecule has 0 aliphatic carbocycles. The van der Waals surface area contributed by atoms with Crippen molar-refractivity contribution in [1.29, 1.82) is 0 Å². The largest absolute Gasteiger partial charge is 0.486 e. The van der Waals surface area contributed by atoms with Gasteiger partial charge in [-0.3, -0.25) is 4.79 Å². The number of rotatable bonds is 9. The summed E-state index contributed by atoms with van der Waals surface area (Å²) in [5, 5.41) is 6.14. The van der Waals surface area contributed by atoms with E-state index in [0.717, 1.165) is 0 Å². The lowest BCUT2D eigenvalue weighted by atomic mass is 10.3. The van der Waals surface area contributed by atoms with Gasteiger partial charge in [0.05, 0.1) is 13.2 Å². The number of guanidine groups is 1. The normalized spacial score (nSPS) is 12.0. The highest BCUT2D eigenvalue weighted by atomic mass is 127. The van der Waals surface area contributed by atoms with Crippen LogP contribution in [0.5, 0.6) is 5.75 Å². The highest BCUT2D eigenvalue weighted by molar-refractivity contribution is 14.0. The summed E-state index contributed by atoms with van der Waals surface area (Å²) in [5.41, 5.74) is 0. The molecule has 148 valence electrons. The molecule has 2 N–H and O–H groups in total. The second-order valence-corrected chi connectivity index (χ2v) is 5.61. The topological polar surface area (TPSA) is 75.2 Å². The number of amides is 1. The van der Waals surface area contributed by atoms with Crippen molar-refractivity contribution in [2.75, 3.05) is 47.4 Å². The van der Waals surface area contributed by atoms with E-state index in [1.807, 2.05) is 6.92 Å². The molecule has 0 aliphatic rings. The van der Waals surface area contributed by atoms with E-state index < -0.39 is 5.82 Å². The number of likely N-dealkylation sites (N-methyl/N-ethyl adjacent to an activating group) is 1. The van der Waals surface area contributed by atoms with Gasteiger partial charge in [-0.25, -0.2) is 9.38 Å². The fourth-order valence-corrected chi connectivity index (χ4v) is 1.77. The van der Waals surface area contributed by atoms with Crippen LogP contribution in [0, 0.1) is 5.82 Å². The Labute approximate surface area is 171 Å². The molecule has 1 unspecified atom stereocenters. The van der Waals surface area contributed by atoms with E-state index in [1.165, 1.54) is 11.0 Å². The van der Waals surface area contributed by atoms with Crippen molar-refractivity contribution in [2.45, 2.75) is 13.0 Å². The molecule has 9 heteroatoms. The number of carbonyl (C=O) groups is 1. The molecule has 7 nitrogen and oxygen atoms in total. The first-order valence-electron chi connectivity index (χ1n) is 8.06. The molecule has 26 heavy (non-hydrogen) atoms. The highest BCUT2D eigenvalue weighted by Gasteiger charge is 2.10. The van der Waals surface area contributed by atoms with Crippen LogP contribution in [0.4, 0.5) is 4.39 Å². The highest BCUT2D eigenvalue weighted by Crippen LogP contribution is 2.16. The van der Waals surface area contributed by atoms with Gasteiger partial charge in [0.25, 0.3) is 0 Å². The summed E-state index contributed by atoms with van der Waals surface area (Å²) in [6, 6.07) is 6.25. The van der Waals surface area contributed by atoms with E-state index in [9.17, 15) is 9.18 Å². The minimum atomic E-state index is -0.405. The number of nitrogens with zero attached hydrogens (tertiary/aromatic N) is 2. The van der Waals surface area contributed by atoms with Gasteiger partial charge in [-0.2, -0.15) is 0 Å². The molecule has 0 heterocycles. The Kier molecular flexibility index (Phi) is 12.7. The summed E-state index contributed by atoms with van der Waals surface area (Å²) in [5.74, 6) is 0.156. The number of aliphatic imine (C=N–C) groups is 1. The minimum Gasteiger partial charge on any atom is -0.486 e. The standard InChI is InChI=1S/C17H27FN4O3.HI/c1-13(25-15-8-6-5-7-14(15)18)11-20-17(19-9-10-24-4)21-12-16(23)22(2)3;/h5-8,13H,9-12H2,1-4H3,(H2,19,20,21);1H. The van der Waals surface area contributed by atoms with Gasteiger partial charge in [0.1, 0.15) is 12.6 Å². The Bertz CT molecular complexity index is 573. The van der Waals surface area contributed by atoms with Crippen LogP contribution in [0.1, 0.15) is 6.92 Å². The fraction of sp³-hybridized carbons (Fsp3) is 0.529. The molecule has 1 aromatic rings. The van der Waals surface area contributed by atoms with Crippen molar-refractivity contribution < 1.29 is 18.7 Å². The summed E-state index contributed by atoms with van der Waals surface area (Å²) in [6.45, 7) is 3.28. The summed E-state index contributed by atoms with van der Waals surface area (Å²) in [7, 11) is 4.95. The van der Waals surface area contributed by atoms with E-state index >= 15 is 0 Å². The van der Waals surface area contributed by atoms with Gasteiger partial charge in [0.15, 0.2) is 17.5 Å². The monoisotopic (exact) mass is 482 g/mol. The number of hydrogen-bond donors (Lipinski definition) is 2. The predicted molar refractivity (Wildman–Crippen MR) is 111 cm³/mol. The van der Waals surface area contributed by atoms with Gasteiger partial charge in [0.2, 0.25) is 5.91 Å². The van der Waals surface area contributed by atoms with Crippen molar-refractivity contribution in [3.8, 4) is 5.75 Å². The molecule has 0 radical (unpaired) electrons.